The van der Waals surface area contributed by atoms with Gasteiger partial charge < -0.3 is 9.47 Å². The largest absolute Gasteiger partial charge is 0.492 e. The highest BCUT2D eigenvalue weighted by atomic mass is 79.9. The minimum atomic E-state index is -0.436. The van der Waals surface area contributed by atoms with Gasteiger partial charge in [0.25, 0.3) is 11.8 Å². The van der Waals surface area contributed by atoms with E-state index in [1.807, 2.05) is 32.0 Å². The molecule has 2 amide bonds. The lowest BCUT2D eigenvalue weighted by Crippen LogP contribution is -2.49. The normalized spacial score (nSPS) is 10.3. The van der Waals surface area contributed by atoms with Crippen molar-refractivity contribution in [2.24, 2.45) is 0 Å². The minimum Gasteiger partial charge on any atom is -0.492 e. The number of carbonyl (C=O) groups is 2. The lowest BCUT2D eigenvalue weighted by atomic mass is 10.1. The maximum Gasteiger partial charge on any atom is 0.276 e. The van der Waals surface area contributed by atoms with Gasteiger partial charge in [-0.1, -0.05) is 32.3 Å². The highest BCUT2D eigenvalue weighted by Crippen LogP contribution is 2.26. The number of rotatable bonds is 10. The molecule has 0 aliphatic rings. The summed E-state index contributed by atoms with van der Waals surface area (Å²) < 4.78 is 11.9. The first-order valence-electron chi connectivity index (χ1n) is 10.8. The predicted molar refractivity (Wildman–Crippen MR) is 137 cm³/mol. The van der Waals surface area contributed by atoms with Gasteiger partial charge in [0.05, 0.1) is 11.1 Å². The summed E-state index contributed by atoms with van der Waals surface area (Å²) in [4.78, 5) is 24.4. The van der Waals surface area contributed by atoms with Crippen molar-refractivity contribution in [2.45, 2.75) is 46.5 Å². The van der Waals surface area contributed by atoms with Crippen molar-refractivity contribution in [3.8, 4) is 11.5 Å². The molecule has 2 rings (SSSR count). The van der Waals surface area contributed by atoms with Gasteiger partial charge in [0.1, 0.15) is 11.5 Å². The van der Waals surface area contributed by atoms with Crippen molar-refractivity contribution in [1.29, 1.82) is 0 Å². The van der Waals surface area contributed by atoms with Crippen molar-refractivity contribution in [1.82, 2.24) is 16.2 Å². The van der Waals surface area contributed by atoms with E-state index in [2.05, 4.69) is 39.0 Å². The summed E-state index contributed by atoms with van der Waals surface area (Å²) in [6.07, 6.45) is 4.49. The Morgan fingerprint density at radius 3 is 2.36 bits per heavy atom. The number of hydrogen-bond acceptors (Lipinski definition) is 5. The molecule has 3 N–H and O–H groups in total. The molecule has 0 saturated heterocycles. The lowest BCUT2D eigenvalue weighted by molar-refractivity contribution is -0.123. The van der Waals surface area contributed by atoms with Crippen LogP contribution < -0.4 is 25.6 Å². The van der Waals surface area contributed by atoms with Gasteiger partial charge in [-0.3, -0.25) is 25.8 Å². The zero-order valence-corrected chi connectivity index (χ0v) is 21.5. The summed E-state index contributed by atoms with van der Waals surface area (Å²) in [5, 5.41) is 2.48. The van der Waals surface area contributed by atoms with E-state index in [0.29, 0.717) is 28.1 Å². The number of benzene rings is 2. The van der Waals surface area contributed by atoms with Crippen LogP contribution in [-0.4, -0.2) is 30.1 Å². The first-order valence-corrected chi connectivity index (χ1v) is 12.0. The SMILES string of the molecule is CCCCCCOc1ccc(C(=O)NC(=S)NNC(=O)COc2cc(C)cc(C)c2)cc1Br. The maximum atomic E-state index is 12.4. The molecule has 0 aliphatic carbocycles. The number of amides is 2. The molecule has 2 aromatic carbocycles. The van der Waals surface area contributed by atoms with Crippen LogP contribution in [0.3, 0.4) is 0 Å². The standard InChI is InChI=1S/C24H30BrN3O4S/c1-4-5-6-7-10-31-21-9-8-18(14-20(21)25)23(30)26-24(33)28-27-22(29)15-32-19-12-16(2)11-17(3)13-19/h8-9,11-14H,4-7,10,15H2,1-3H3,(H,27,29)(H2,26,28,30,33). The van der Waals surface area contributed by atoms with Gasteiger partial charge in [-0.2, -0.15) is 0 Å². The first-order chi connectivity index (χ1) is 15.8. The third kappa shape index (κ3) is 9.79. The number of thiocarbonyl (C=S) groups is 1. The number of carbonyl (C=O) groups excluding carboxylic acids is 2. The second kappa shape index (κ2) is 13.8. The first kappa shape index (κ1) is 26.6. The van der Waals surface area contributed by atoms with Crippen LogP contribution >= 0.6 is 28.1 Å². The van der Waals surface area contributed by atoms with Crippen molar-refractivity contribution in [3.05, 3.63) is 57.6 Å². The van der Waals surface area contributed by atoms with E-state index in [9.17, 15) is 9.59 Å². The number of hydrazine groups is 1. The smallest absolute Gasteiger partial charge is 0.276 e. The molecule has 0 bridgehead atoms. The molecule has 9 heteroatoms. The summed E-state index contributed by atoms with van der Waals surface area (Å²) in [7, 11) is 0. The topological polar surface area (TPSA) is 88.7 Å². The molecule has 7 nitrogen and oxygen atoms in total. The van der Waals surface area contributed by atoms with Gasteiger partial charge >= 0.3 is 0 Å². The third-order valence-electron chi connectivity index (χ3n) is 4.56. The fourth-order valence-corrected chi connectivity index (χ4v) is 3.64. The van der Waals surface area contributed by atoms with Gasteiger partial charge in [-0.15, -0.1) is 0 Å². The van der Waals surface area contributed by atoms with E-state index in [1.54, 1.807) is 18.2 Å². The Hall–Kier alpha value is -2.65. The summed E-state index contributed by atoms with van der Waals surface area (Å²) in [6.45, 7) is 6.51. The van der Waals surface area contributed by atoms with Crippen molar-refractivity contribution in [2.75, 3.05) is 13.2 Å². The minimum absolute atomic E-state index is 0.0351. The van der Waals surface area contributed by atoms with E-state index in [-0.39, 0.29) is 11.7 Å². The summed E-state index contributed by atoms with van der Waals surface area (Å²) in [5.41, 5.74) is 7.38. The van der Waals surface area contributed by atoms with Crippen molar-refractivity contribution >= 4 is 45.1 Å². The zero-order valence-electron chi connectivity index (χ0n) is 19.1. The molecule has 2 aromatic rings. The molecule has 0 aliphatic heterocycles. The average Bonchev–Trinajstić information content (AvgIpc) is 2.76. The van der Waals surface area contributed by atoms with Crippen LogP contribution in [0, 0.1) is 13.8 Å². The fourth-order valence-electron chi connectivity index (χ4n) is 3.00. The molecule has 0 unspecified atom stereocenters. The number of nitrogens with one attached hydrogen (secondary N) is 3. The number of unbranched alkanes of at least 4 members (excludes halogenated alkanes) is 3. The molecular weight excluding hydrogens is 506 g/mol. The Labute approximate surface area is 208 Å². The highest BCUT2D eigenvalue weighted by Gasteiger charge is 2.12. The van der Waals surface area contributed by atoms with Gasteiger partial charge in [0.15, 0.2) is 11.7 Å². The Morgan fingerprint density at radius 2 is 1.70 bits per heavy atom. The van der Waals surface area contributed by atoms with Gasteiger partial charge in [0, 0.05) is 5.56 Å². The second-order valence-electron chi connectivity index (χ2n) is 7.62. The summed E-state index contributed by atoms with van der Waals surface area (Å²) in [5.74, 6) is 0.440. The van der Waals surface area contributed by atoms with Crippen LogP contribution in [0.2, 0.25) is 0 Å². The van der Waals surface area contributed by atoms with Crippen molar-refractivity contribution in [3.63, 3.8) is 0 Å². The Balaban J connectivity index is 1.75. The van der Waals surface area contributed by atoms with Crippen LogP contribution in [0.4, 0.5) is 0 Å². The quantitative estimate of drug-likeness (QED) is 0.231. The molecule has 0 spiro atoms. The van der Waals surface area contributed by atoms with Gasteiger partial charge in [0.2, 0.25) is 0 Å². The number of hydrogen-bond donors (Lipinski definition) is 3. The molecule has 0 saturated carbocycles. The molecule has 0 heterocycles. The van der Waals surface area contributed by atoms with Gasteiger partial charge in [-0.05, 0) is 89.9 Å². The number of halogens is 1. The molecule has 0 fully saturated rings. The molecule has 33 heavy (non-hydrogen) atoms. The van der Waals surface area contributed by atoms with Gasteiger partial charge in [-0.25, -0.2) is 0 Å². The predicted octanol–water partition coefficient (Wildman–Crippen LogP) is 4.74. The molecule has 0 radical (unpaired) electrons. The zero-order chi connectivity index (χ0) is 24.2. The number of aryl methyl sites for hydroxylation is 2. The third-order valence-corrected chi connectivity index (χ3v) is 5.38. The summed E-state index contributed by atoms with van der Waals surface area (Å²) in [6, 6.07) is 10.8. The molecular formula is C24H30BrN3O4S. The Morgan fingerprint density at radius 1 is 0.970 bits per heavy atom. The summed E-state index contributed by atoms with van der Waals surface area (Å²) >= 11 is 8.51. The molecule has 0 atom stereocenters. The lowest BCUT2D eigenvalue weighted by Gasteiger charge is -2.13. The van der Waals surface area contributed by atoms with Crippen LogP contribution in [0.15, 0.2) is 40.9 Å². The molecule has 178 valence electrons. The average molecular weight is 536 g/mol. The van der Waals surface area contributed by atoms with E-state index in [4.69, 9.17) is 21.7 Å². The molecule has 0 aromatic heterocycles. The van der Waals surface area contributed by atoms with E-state index in [1.165, 1.54) is 12.8 Å². The Kier molecular flexibility index (Phi) is 11.1. The number of ether oxygens (including phenoxy) is 2. The van der Waals surface area contributed by atoms with E-state index < -0.39 is 11.8 Å². The highest BCUT2D eigenvalue weighted by molar-refractivity contribution is 9.10. The monoisotopic (exact) mass is 535 g/mol. The van der Waals surface area contributed by atoms with E-state index in [0.717, 1.165) is 24.0 Å². The Bertz CT molecular complexity index is 964. The maximum absolute atomic E-state index is 12.4. The van der Waals surface area contributed by atoms with Crippen LogP contribution in [0.5, 0.6) is 11.5 Å². The van der Waals surface area contributed by atoms with Crippen LogP contribution in [0.25, 0.3) is 0 Å². The van der Waals surface area contributed by atoms with Crippen molar-refractivity contribution < 1.29 is 19.1 Å². The second-order valence-corrected chi connectivity index (χ2v) is 8.89. The van der Waals surface area contributed by atoms with Crippen LogP contribution in [-0.2, 0) is 4.79 Å². The fraction of sp³-hybridized carbons (Fsp3) is 0.375. The van der Waals surface area contributed by atoms with E-state index >= 15 is 0 Å². The van der Waals surface area contributed by atoms with Crippen LogP contribution in [0.1, 0.15) is 54.1 Å².